The first-order valence-corrected chi connectivity index (χ1v) is 17.8. The summed E-state index contributed by atoms with van der Waals surface area (Å²) in [6.45, 7) is 4.57. The molecule has 0 saturated heterocycles. The van der Waals surface area contributed by atoms with Crippen molar-refractivity contribution in [2.75, 3.05) is 0 Å². The second-order valence-electron chi connectivity index (χ2n) is 12.9. The van der Waals surface area contributed by atoms with Crippen LogP contribution in [0.25, 0.3) is 46.4 Å². The van der Waals surface area contributed by atoms with Crippen LogP contribution in [0.3, 0.4) is 0 Å². The summed E-state index contributed by atoms with van der Waals surface area (Å²) in [7, 11) is 0. The highest BCUT2D eigenvalue weighted by atomic mass is 14.8. The van der Waals surface area contributed by atoms with E-state index in [0.717, 1.165) is 46.7 Å². The molecule has 8 bridgehead atoms. The van der Waals surface area contributed by atoms with E-state index in [0.29, 0.717) is 0 Å². The van der Waals surface area contributed by atoms with Gasteiger partial charge in [0.15, 0.2) is 0 Å². The predicted molar refractivity (Wildman–Crippen MR) is 191 cm³/mol. The highest BCUT2D eigenvalue weighted by molar-refractivity contribution is 5.80. The number of H-pyrrole nitrogens is 2. The molecular weight excluding hydrogens is 536 g/mol. The van der Waals surface area contributed by atoms with Crippen molar-refractivity contribution in [1.82, 2.24) is 19.9 Å². The molecule has 0 amide bonds. The van der Waals surface area contributed by atoms with Gasteiger partial charge in [-0.15, -0.1) is 0 Å². The molecular formula is C40H54N4. The highest BCUT2D eigenvalue weighted by Gasteiger charge is 2.11. The van der Waals surface area contributed by atoms with E-state index in [-0.39, 0.29) is 0 Å². The molecule has 4 nitrogen and oxygen atoms in total. The molecule has 0 saturated carbocycles. The molecule has 0 fully saturated rings. The van der Waals surface area contributed by atoms with Crippen LogP contribution in [0.15, 0.2) is 36.4 Å². The van der Waals surface area contributed by atoms with Crippen molar-refractivity contribution >= 4 is 46.4 Å². The summed E-state index contributed by atoms with van der Waals surface area (Å²) in [4.78, 5) is 17.6. The third-order valence-electron chi connectivity index (χ3n) is 9.18. The molecule has 2 aliphatic heterocycles. The van der Waals surface area contributed by atoms with Crippen LogP contribution in [0.4, 0.5) is 0 Å². The molecule has 5 rings (SSSR count). The minimum atomic E-state index is 1.01. The molecule has 3 aromatic heterocycles. The second-order valence-corrected chi connectivity index (χ2v) is 12.9. The Morgan fingerprint density at radius 3 is 1.25 bits per heavy atom. The number of aromatic nitrogens is 4. The largest absolute Gasteiger partial charge is 0.355 e. The maximum absolute atomic E-state index is 5.10. The maximum atomic E-state index is 5.10. The Hall–Kier alpha value is -3.40. The number of hydrogen-bond acceptors (Lipinski definition) is 2. The highest BCUT2D eigenvalue weighted by Crippen LogP contribution is 2.25. The zero-order valence-corrected chi connectivity index (χ0v) is 27.4. The Morgan fingerprint density at radius 2 is 0.841 bits per heavy atom. The van der Waals surface area contributed by atoms with Gasteiger partial charge in [-0.1, -0.05) is 104 Å². The molecule has 0 atom stereocenters. The van der Waals surface area contributed by atoms with Gasteiger partial charge in [0.05, 0.1) is 22.8 Å². The normalized spacial score (nSPS) is 12.4. The van der Waals surface area contributed by atoms with E-state index in [1.165, 1.54) is 125 Å². The average molecular weight is 591 g/mol. The molecule has 0 aliphatic carbocycles. The summed E-state index contributed by atoms with van der Waals surface area (Å²) in [5.74, 6) is 0. The first-order valence-electron chi connectivity index (χ1n) is 17.8. The van der Waals surface area contributed by atoms with Crippen molar-refractivity contribution in [3.63, 3.8) is 0 Å². The van der Waals surface area contributed by atoms with Crippen LogP contribution in [0.1, 0.15) is 150 Å². The molecule has 0 radical (unpaired) electrons. The quantitative estimate of drug-likeness (QED) is 0.0997. The number of aryl methyl sites for hydroxylation is 2. The van der Waals surface area contributed by atoms with Crippen LogP contribution in [-0.2, 0) is 12.8 Å². The lowest BCUT2D eigenvalue weighted by molar-refractivity contribution is 0.575. The van der Waals surface area contributed by atoms with Gasteiger partial charge in [-0.3, -0.25) is 0 Å². The fraction of sp³-hybridized carbons (Fsp3) is 0.500. The van der Waals surface area contributed by atoms with Gasteiger partial charge in [0.25, 0.3) is 0 Å². The van der Waals surface area contributed by atoms with Crippen LogP contribution in [0.2, 0.25) is 0 Å². The number of nitrogens with one attached hydrogen (secondary N) is 2. The molecule has 0 spiro atoms. The number of nitrogens with zero attached hydrogens (tertiary/aromatic N) is 2. The Balaban J connectivity index is 1.40. The molecule has 3 aromatic rings. The zero-order chi connectivity index (χ0) is 30.4. The lowest BCUT2D eigenvalue weighted by Crippen LogP contribution is -1.92. The smallest absolute Gasteiger partial charge is 0.0690 e. The van der Waals surface area contributed by atoms with E-state index >= 15 is 0 Å². The van der Waals surface area contributed by atoms with E-state index in [2.05, 4.69) is 84.5 Å². The van der Waals surface area contributed by atoms with E-state index in [1.807, 2.05) is 0 Å². The van der Waals surface area contributed by atoms with Crippen LogP contribution < -0.4 is 0 Å². The molecule has 4 heteroatoms. The lowest BCUT2D eigenvalue weighted by Gasteiger charge is -2.05. The molecule has 234 valence electrons. The third-order valence-corrected chi connectivity index (χ3v) is 9.18. The first-order chi connectivity index (χ1) is 21.7. The maximum Gasteiger partial charge on any atom is 0.0690 e. The van der Waals surface area contributed by atoms with Crippen LogP contribution in [0.5, 0.6) is 0 Å². The number of unbranched alkanes of at least 4 members (excludes halogenated alkanes) is 14. The van der Waals surface area contributed by atoms with E-state index in [1.54, 1.807) is 0 Å². The van der Waals surface area contributed by atoms with Crippen molar-refractivity contribution in [3.8, 4) is 0 Å². The second kappa shape index (κ2) is 17.2. The van der Waals surface area contributed by atoms with Crippen molar-refractivity contribution in [3.05, 3.63) is 70.3 Å². The Labute approximate surface area is 265 Å². The summed E-state index contributed by atoms with van der Waals surface area (Å²) in [5.41, 5.74) is 11.3. The molecule has 0 aromatic carbocycles. The number of rotatable bonds is 18. The topological polar surface area (TPSA) is 57.4 Å². The monoisotopic (exact) mass is 590 g/mol. The summed E-state index contributed by atoms with van der Waals surface area (Å²) in [5, 5.41) is 0. The van der Waals surface area contributed by atoms with E-state index < -0.39 is 0 Å². The SMILES string of the molecule is CCCCCCCCCCc1c2nc(cc3ccc([nH]3)c(CCCCCCCCCC)c3nc(cc4ccc1[nH]4)C=C3)C=C2. The Morgan fingerprint density at radius 1 is 0.455 bits per heavy atom. The van der Waals surface area contributed by atoms with Crippen molar-refractivity contribution in [2.24, 2.45) is 0 Å². The number of hydrogen-bond donors (Lipinski definition) is 2. The Kier molecular flexibility index (Phi) is 12.5. The van der Waals surface area contributed by atoms with Gasteiger partial charge < -0.3 is 9.97 Å². The molecule has 44 heavy (non-hydrogen) atoms. The summed E-state index contributed by atoms with van der Waals surface area (Å²) in [6, 6.07) is 13.2. The van der Waals surface area contributed by atoms with E-state index in [4.69, 9.17) is 9.97 Å². The van der Waals surface area contributed by atoms with Crippen molar-refractivity contribution in [2.45, 2.75) is 129 Å². The van der Waals surface area contributed by atoms with Gasteiger partial charge in [-0.25, -0.2) is 9.97 Å². The third kappa shape index (κ3) is 9.30. The Bertz CT molecular complexity index is 1430. The summed E-state index contributed by atoms with van der Waals surface area (Å²) >= 11 is 0. The summed E-state index contributed by atoms with van der Waals surface area (Å²) < 4.78 is 0. The van der Waals surface area contributed by atoms with Crippen molar-refractivity contribution in [1.29, 1.82) is 0 Å². The standard InChI is InChI=1S/C40H54N4/c1-3-5-7-9-11-13-15-17-19-35-37-25-21-31(41-37)29-33-23-27-39(43-33)36(20-18-16-14-12-10-8-6-4-2)40-28-24-34(44-40)30-32-22-26-38(35)42-32/h21-30,41,44H,3-20H2,1-2H3. The fourth-order valence-electron chi connectivity index (χ4n) is 6.59. The minimum Gasteiger partial charge on any atom is -0.355 e. The van der Waals surface area contributed by atoms with Gasteiger partial charge in [-0.05, 0) is 86.4 Å². The first kappa shape index (κ1) is 32.0. The van der Waals surface area contributed by atoms with Crippen molar-refractivity contribution < 1.29 is 0 Å². The van der Waals surface area contributed by atoms with E-state index in [9.17, 15) is 0 Å². The van der Waals surface area contributed by atoms with Crippen LogP contribution >= 0.6 is 0 Å². The van der Waals surface area contributed by atoms with Gasteiger partial charge >= 0.3 is 0 Å². The number of fused-ring (bicyclic) bond motifs is 8. The number of aromatic amines is 2. The van der Waals surface area contributed by atoms with Crippen LogP contribution in [-0.4, -0.2) is 19.9 Å². The van der Waals surface area contributed by atoms with Gasteiger partial charge in [0, 0.05) is 33.2 Å². The molecule has 2 aliphatic rings. The van der Waals surface area contributed by atoms with Gasteiger partial charge in [0.1, 0.15) is 0 Å². The fourth-order valence-corrected chi connectivity index (χ4v) is 6.59. The van der Waals surface area contributed by atoms with Gasteiger partial charge in [0.2, 0.25) is 0 Å². The molecule has 5 heterocycles. The molecule has 0 unspecified atom stereocenters. The zero-order valence-electron chi connectivity index (χ0n) is 27.4. The summed E-state index contributed by atoms with van der Waals surface area (Å²) in [6.07, 6.45) is 32.0. The van der Waals surface area contributed by atoms with Gasteiger partial charge in [-0.2, -0.15) is 0 Å². The predicted octanol–water partition coefficient (Wildman–Crippen LogP) is 12.0. The molecule has 2 N–H and O–H groups in total. The lowest BCUT2D eigenvalue weighted by atomic mass is 10.0. The average Bonchev–Trinajstić information content (AvgIpc) is 3.85. The minimum absolute atomic E-state index is 1.01. The van der Waals surface area contributed by atoms with Crippen LogP contribution in [0, 0.1) is 0 Å².